The predicted octanol–water partition coefficient (Wildman–Crippen LogP) is 13.2. The number of fused-ring (bicyclic) bond motifs is 2. The second-order valence-corrected chi connectivity index (χ2v) is 13.0. The molecule has 8 aromatic carbocycles. The molecule has 0 fully saturated rings. The summed E-state index contributed by atoms with van der Waals surface area (Å²) >= 11 is 0. The first-order chi connectivity index (χ1) is 23.1. The van der Waals surface area contributed by atoms with Crippen molar-refractivity contribution in [2.45, 2.75) is 26.9 Å². The second-order valence-electron chi connectivity index (χ2n) is 12.0. The van der Waals surface area contributed by atoms with Crippen molar-refractivity contribution in [2.24, 2.45) is 0 Å². The van der Waals surface area contributed by atoms with Gasteiger partial charge in [0.2, 0.25) is 0 Å². The van der Waals surface area contributed by atoms with Crippen LogP contribution in [0.15, 0.2) is 170 Å². The molecule has 8 aromatic rings. The molecule has 8 rings (SSSR count). The van der Waals surface area contributed by atoms with Gasteiger partial charge in [-0.05, 0) is 36.1 Å². The van der Waals surface area contributed by atoms with Crippen LogP contribution >= 0.6 is 0 Å². The summed E-state index contributed by atoms with van der Waals surface area (Å²) in [5.41, 5.74) is 13.0. The van der Waals surface area contributed by atoms with Crippen molar-refractivity contribution in [2.75, 3.05) is 0 Å². The van der Waals surface area contributed by atoms with Gasteiger partial charge < -0.3 is 0 Å². The van der Waals surface area contributed by atoms with E-state index >= 15 is 0 Å². The van der Waals surface area contributed by atoms with Crippen molar-refractivity contribution >= 4 is 31.1 Å². The first kappa shape index (κ1) is 35.0. The zero-order chi connectivity index (χ0) is 32.6. The molecule has 0 spiro atoms. The fraction of sp³-hybridized carbons (Fsp3) is 0.0870. The Balaban J connectivity index is 0.000000171. The van der Waals surface area contributed by atoms with Crippen LogP contribution in [0.4, 0.5) is 0 Å². The summed E-state index contributed by atoms with van der Waals surface area (Å²) in [6.07, 6.45) is 0. The van der Waals surface area contributed by atoms with Gasteiger partial charge in [-0.25, -0.2) is 0 Å². The van der Waals surface area contributed by atoms with Gasteiger partial charge >= 0.3 is 26.2 Å². The van der Waals surface area contributed by atoms with Gasteiger partial charge in [0.15, 0.2) is 0 Å². The van der Waals surface area contributed by atoms with Crippen molar-refractivity contribution in [1.82, 2.24) is 0 Å². The number of aryl methyl sites for hydroxylation is 2. The molecule has 2 radical (unpaired) electrons. The van der Waals surface area contributed by atoms with Crippen molar-refractivity contribution < 1.29 is 26.2 Å². The minimum Gasteiger partial charge on any atom is -0.144 e. The Bertz CT molecular complexity index is 2040. The van der Waals surface area contributed by atoms with Gasteiger partial charge in [-0.2, -0.15) is 0 Å². The van der Waals surface area contributed by atoms with Crippen molar-refractivity contribution in [3.05, 3.63) is 181 Å². The van der Waals surface area contributed by atoms with Crippen LogP contribution in [-0.2, 0) is 26.2 Å². The summed E-state index contributed by atoms with van der Waals surface area (Å²) in [5.74, 6) is 0. The van der Waals surface area contributed by atoms with Gasteiger partial charge in [0.1, 0.15) is 0 Å². The average molecular weight is 712 g/mol. The van der Waals surface area contributed by atoms with Crippen LogP contribution in [0.5, 0.6) is 0 Å². The molecular weight excluding hydrogens is 672 g/mol. The minimum absolute atomic E-state index is 0. The Morgan fingerprint density at radius 1 is 0.396 bits per heavy atom. The van der Waals surface area contributed by atoms with Crippen molar-refractivity contribution in [3.63, 3.8) is 0 Å². The summed E-state index contributed by atoms with van der Waals surface area (Å²) in [5, 5.41) is 5.27. The normalized spacial score (nSPS) is 10.4. The standard InChI is InChI=1S/2C22H17.C2H6Si.Zr/c2*1-16-8-5-6-12-20(16)21-13-7-11-18-14-19(15-22(18)21)17-9-3-2-4-10-17;1-3-2;/h2*2-15H,1H3;1-2H3;/q2*-1;;+2. The molecule has 232 valence electrons. The van der Waals surface area contributed by atoms with Gasteiger partial charge in [-0.3, -0.25) is 0 Å². The van der Waals surface area contributed by atoms with Crippen molar-refractivity contribution in [3.8, 4) is 44.5 Å². The zero-order valence-corrected chi connectivity index (χ0v) is 31.6. The Hall–Kier alpha value is -4.36. The number of hydrogen-bond acceptors (Lipinski definition) is 0. The van der Waals surface area contributed by atoms with Gasteiger partial charge in [-0.15, -0.1) is 69.1 Å². The number of hydrogen-bond donors (Lipinski definition) is 0. The number of benzene rings is 6. The maximum absolute atomic E-state index is 2.31. The molecule has 48 heavy (non-hydrogen) atoms. The third kappa shape index (κ3) is 7.84. The molecule has 0 bridgehead atoms. The molecule has 2 heteroatoms. The van der Waals surface area contributed by atoms with Crippen LogP contribution in [0, 0.1) is 13.8 Å². The summed E-state index contributed by atoms with van der Waals surface area (Å²) in [7, 11) is 1.08. The van der Waals surface area contributed by atoms with E-state index < -0.39 is 0 Å². The van der Waals surface area contributed by atoms with E-state index in [9.17, 15) is 0 Å². The Morgan fingerprint density at radius 3 is 1.10 bits per heavy atom. The molecule has 0 aliphatic heterocycles. The fourth-order valence-corrected chi connectivity index (χ4v) is 6.28. The van der Waals surface area contributed by atoms with E-state index in [4.69, 9.17) is 0 Å². The van der Waals surface area contributed by atoms with E-state index in [0.29, 0.717) is 0 Å². The molecule has 0 saturated heterocycles. The van der Waals surface area contributed by atoms with E-state index in [1.54, 1.807) is 0 Å². The molecule has 0 aliphatic rings. The quantitative estimate of drug-likeness (QED) is 0.126. The van der Waals surface area contributed by atoms with E-state index in [1.807, 2.05) is 0 Å². The van der Waals surface area contributed by atoms with Crippen LogP contribution in [0.1, 0.15) is 11.1 Å². The maximum atomic E-state index is 2.31. The summed E-state index contributed by atoms with van der Waals surface area (Å²) in [6.45, 7) is 8.66. The molecule has 0 amide bonds. The van der Waals surface area contributed by atoms with Gasteiger partial charge in [0.25, 0.3) is 0 Å². The largest absolute Gasteiger partial charge is 2.00 e. The maximum Gasteiger partial charge on any atom is 2.00 e. The average Bonchev–Trinajstić information content (AvgIpc) is 3.76. The van der Waals surface area contributed by atoms with Gasteiger partial charge in [0.05, 0.1) is 0 Å². The molecule has 0 heterocycles. The monoisotopic (exact) mass is 710 g/mol. The predicted molar refractivity (Wildman–Crippen MR) is 208 cm³/mol. The summed E-state index contributed by atoms with van der Waals surface area (Å²) < 4.78 is 0. The topological polar surface area (TPSA) is 0 Å². The van der Waals surface area contributed by atoms with Crippen LogP contribution in [0.3, 0.4) is 0 Å². The van der Waals surface area contributed by atoms with Gasteiger partial charge in [0, 0.05) is 9.52 Å². The second kappa shape index (κ2) is 16.6. The summed E-state index contributed by atoms with van der Waals surface area (Å²) in [6, 6.07) is 60.7. The molecular formula is C46H40SiZr. The SMILES string of the molecule is C[Si]C.Cc1ccccc1-c1cccc2[cH-]c(-c3ccccc3)cc12.Cc1ccccc1-c1cccc2[cH-]c(-c3ccccc3)cc12.[Zr+2]. The van der Waals surface area contributed by atoms with E-state index in [1.165, 1.54) is 77.2 Å². The Morgan fingerprint density at radius 2 is 0.729 bits per heavy atom. The molecule has 0 aliphatic carbocycles. The van der Waals surface area contributed by atoms with Crippen molar-refractivity contribution in [1.29, 1.82) is 0 Å². The zero-order valence-electron chi connectivity index (χ0n) is 28.2. The third-order valence-electron chi connectivity index (χ3n) is 8.59. The van der Waals surface area contributed by atoms with Crippen LogP contribution in [-0.4, -0.2) is 9.52 Å². The van der Waals surface area contributed by atoms with E-state index in [2.05, 4.69) is 197 Å². The Labute approximate surface area is 307 Å². The first-order valence-corrected chi connectivity index (χ1v) is 18.3. The fourth-order valence-electron chi connectivity index (χ4n) is 6.28. The minimum atomic E-state index is 0. The van der Waals surface area contributed by atoms with Crippen LogP contribution < -0.4 is 0 Å². The Kier molecular flexibility index (Phi) is 12.1. The van der Waals surface area contributed by atoms with E-state index in [-0.39, 0.29) is 26.2 Å². The third-order valence-corrected chi connectivity index (χ3v) is 8.59. The molecule has 0 aromatic heterocycles. The van der Waals surface area contributed by atoms with E-state index in [0.717, 1.165) is 9.52 Å². The molecule has 0 nitrogen and oxygen atoms in total. The molecule has 0 atom stereocenters. The summed E-state index contributed by atoms with van der Waals surface area (Å²) in [4.78, 5) is 0. The number of rotatable bonds is 4. The molecule has 0 saturated carbocycles. The molecule has 0 N–H and O–H groups in total. The van der Waals surface area contributed by atoms with Gasteiger partial charge in [-0.1, -0.05) is 169 Å². The first-order valence-electron chi connectivity index (χ1n) is 16.3. The van der Waals surface area contributed by atoms with Crippen LogP contribution in [0.25, 0.3) is 66.1 Å². The smallest absolute Gasteiger partial charge is 0.144 e. The molecule has 0 unspecified atom stereocenters. The van der Waals surface area contributed by atoms with Crippen LogP contribution in [0.2, 0.25) is 13.1 Å².